The molecule has 9 heteroatoms. The maximum Gasteiger partial charge on any atom is 0.421 e. The second-order valence-corrected chi connectivity index (χ2v) is 5.65. The van der Waals surface area contributed by atoms with Crippen LogP contribution in [0.4, 0.5) is 13.2 Å². The fourth-order valence-corrected chi connectivity index (χ4v) is 2.63. The van der Waals surface area contributed by atoms with Crippen LogP contribution in [0.25, 0.3) is 0 Å². The highest BCUT2D eigenvalue weighted by atomic mass is 32.1. The van der Waals surface area contributed by atoms with Gasteiger partial charge in [-0.1, -0.05) is 6.92 Å². The predicted octanol–water partition coefficient (Wildman–Crippen LogP) is 2.39. The minimum atomic E-state index is -4.75. The predicted molar refractivity (Wildman–Crippen MR) is 79.6 cm³/mol. The van der Waals surface area contributed by atoms with Crippen LogP contribution in [0.5, 0.6) is 0 Å². The van der Waals surface area contributed by atoms with Crippen LogP contribution < -0.4 is 10.9 Å². The molecule has 0 aliphatic heterocycles. The molecular formula is C14H14F3N3O2S. The largest absolute Gasteiger partial charge is 0.421 e. The molecule has 0 unspecified atom stereocenters. The number of halogens is 3. The quantitative estimate of drug-likeness (QED) is 0.874. The number of carbonyl (C=O) groups is 1. The summed E-state index contributed by atoms with van der Waals surface area (Å²) in [5.41, 5.74) is -2.04. The van der Waals surface area contributed by atoms with Gasteiger partial charge in [-0.15, -0.1) is 11.3 Å². The molecule has 0 fully saturated rings. The first-order chi connectivity index (χ1) is 10.8. The van der Waals surface area contributed by atoms with E-state index in [4.69, 9.17) is 0 Å². The van der Waals surface area contributed by atoms with E-state index in [0.717, 1.165) is 23.2 Å². The van der Waals surface area contributed by atoms with Crippen LogP contribution in [0.3, 0.4) is 0 Å². The Balaban J connectivity index is 1.95. The first kappa shape index (κ1) is 17.2. The SMILES string of the molecule is CCc1nc(CCNC(=O)c2ccc(C(F)(F)F)c(=O)[nH]2)cs1. The number of nitrogens with one attached hydrogen (secondary N) is 2. The molecular weight excluding hydrogens is 331 g/mol. The van der Waals surface area contributed by atoms with E-state index in [-0.39, 0.29) is 12.2 Å². The number of rotatable bonds is 5. The van der Waals surface area contributed by atoms with Gasteiger partial charge in [0.1, 0.15) is 11.3 Å². The molecule has 5 nitrogen and oxygen atoms in total. The van der Waals surface area contributed by atoms with E-state index in [0.29, 0.717) is 12.5 Å². The van der Waals surface area contributed by atoms with Crippen LogP contribution in [0.1, 0.15) is 33.7 Å². The molecule has 0 bridgehead atoms. The summed E-state index contributed by atoms with van der Waals surface area (Å²) in [5, 5.41) is 5.43. The van der Waals surface area contributed by atoms with E-state index >= 15 is 0 Å². The Morgan fingerprint density at radius 2 is 2.13 bits per heavy atom. The second-order valence-electron chi connectivity index (χ2n) is 4.70. The molecule has 0 spiro atoms. The molecule has 2 rings (SSSR count). The molecule has 0 saturated carbocycles. The topological polar surface area (TPSA) is 74.8 Å². The highest BCUT2D eigenvalue weighted by Gasteiger charge is 2.34. The Morgan fingerprint density at radius 3 is 2.70 bits per heavy atom. The number of aromatic nitrogens is 2. The van der Waals surface area contributed by atoms with Crippen molar-refractivity contribution >= 4 is 17.2 Å². The Labute approximate surface area is 133 Å². The van der Waals surface area contributed by atoms with Crippen molar-refractivity contribution < 1.29 is 18.0 Å². The van der Waals surface area contributed by atoms with Gasteiger partial charge in [-0.25, -0.2) is 4.98 Å². The first-order valence-corrected chi connectivity index (χ1v) is 7.71. The molecule has 0 radical (unpaired) electrons. The number of aromatic amines is 1. The number of carbonyl (C=O) groups excluding carboxylic acids is 1. The number of hydrogen-bond acceptors (Lipinski definition) is 4. The Bertz CT molecular complexity index is 752. The number of pyridine rings is 1. The first-order valence-electron chi connectivity index (χ1n) is 6.83. The molecule has 0 aromatic carbocycles. The second kappa shape index (κ2) is 6.95. The van der Waals surface area contributed by atoms with Gasteiger partial charge in [-0.2, -0.15) is 13.2 Å². The van der Waals surface area contributed by atoms with Gasteiger partial charge in [-0.3, -0.25) is 9.59 Å². The third-order valence-electron chi connectivity index (χ3n) is 3.03. The van der Waals surface area contributed by atoms with Gasteiger partial charge in [0.15, 0.2) is 0 Å². The lowest BCUT2D eigenvalue weighted by Crippen LogP contribution is -2.30. The van der Waals surface area contributed by atoms with Crippen molar-refractivity contribution in [2.24, 2.45) is 0 Å². The minimum absolute atomic E-state index is 0.212. The Hall–Kier alpha value is -2.16. The number of thiazole rings is 1. The summed E-state index contributed by atoms with van der Waals surface area (Å²) in [4.78, 5) is 29.5. The highest BCUT2D eigenvalue weighted by Crippen LogP contribution is 2.25. The van der Waals surface area contributed by atoms with E-state index < -0.39 is 23.2 Å². The third-order valence-corrected chi connectivity index (χ3v) is 4.07. The van der Waals surface area contributed by atoms with Crippen LogP contribution in [-0.4, -0.2) is 22.4 Å². The fraction of sp³-hybridized carbons (Fsp3) is 0.357. The van der Waals surface area contributed by atoms with E-state index in [1.165, 1.54) is 11.3 Å². The molecule has 2 N–H and O–H groups in total. The van der Waals surface area contributed by atoms with E-state index in [1.807, 2.05) is 17.3 Å². The number of aryl methyl sites for hydroxylation is 1. The van der Waals surface area contributed by atoms with E-state index in [1.54, 1.807) is 0 Å². The molecule has 0 aliphatic rings. The van der Waals surface area contributed by atoms with Gasteiger partial charge in [0.25, 0.3) is 11.5 Å². The summed E-state index contributed by atoms with van der Waals surface area (Å²) < 4.78 is 37.4. The summed E-state index contributed by atoms with van der Waals surface area (Å²) in [6.45, 7) is 2.26. The maximum atomic E-state index is 12.5. The van der Waals surface area contributed by atoms with Crippen molar-refractivity contribution in [2.75, 3.05) is 6.54 Å². The summed E-state index contributed by atoms with van der Waals surface area (Å²) in [5.74, 6) is -0.637. The molecule has 23 heavy (non-hydrogen) atoms. The molecule has 0 atom stereocenters. The summed E-state index contributed by atoms with van der Waals surface area (Å²) in [6.07, 6.45) is -3.40. The lowest BCUT2D eigenvalue weighted by atomic mass is 10.2. The van der Waals surface area contributed by atoms with Crippen molar-refractivity contribution in [1.29, 1.82) is 0 Å². The van der Waals surface area contributed by atoms with Gasteiger partial charge < -0.3 is 10.3 Å². The normalized spacial score (nSPS) is 11.5. The van der Waals surface area contributed by atoms with E-state index in [2.05, 4.69) is 10.3 Å². The van der Waals surface area contributed by atoms with Gasteiger partial charge in [0.2, 0.25) is 0 Å². The summed E-state index contributed by atoms with van der Waals surface area (Å²) in [7, 11) is 0. The van der Waals surface area contributed by atoms with Crippen LogP contribution in [-0.2, 0) is 19.0 Å². The molecule has 0 saturated heterocycles. The van der Waals surface area contributed by atoms with Crippen molar-refractivity contribution in [3.63, 3.8) is 0 Å². The summed E-state index contributed by atoms with van der Waals surface area (Å²) >= 11 is 1.53. The zero-order valence-corrected chi connectivity index (χ0v) is 13.0. The van der Waals surface area contributed by atoms with Crippen molar-refractivity contribution in [3.8, 4) is 0 Å². The van der Waals surface area contributed by atoms with Crippen LogP contribution in [0, 0.1) is 0 Å². The lowest BCUT2D eigenvalue weighted by molar-refractivity contribution is -0.138. The average Bonchev–Trinajstić information content (AvgIpc) is 2.93. The molecule has 124 valence electrons. The van der Waals surface area contributed by atoms with Crippen molar-refractivity contribution in [2.45, 2.75) is 25.9 Å². The molecule has 2 heterocycles. The fourth-order valence-electron chi connectivity index (χ4n) is 1.85. The van der Waals surface area contributed by atoms with Crippen LogP contribution in [0.15, 0.2) is 22.3 Å². The van der Waals surface area contributed by atoms with Crippen LogP contribution >= 0.6 is 11.3 Å². The number of alkyl halides is 3. The van der Waals surface area contributed by atoms with E-state index in [9.17, 15) is 22.8 Å². The van der Waals surface area contributed by atoms with Crippen molar-refractivity contribution in [3.05, 3.63) is 49.8 Å². The number of nitrogens with zero attached hydrogens (tertiary/aromatic N) is 1. The van der Waals surface area contributed by atoms with Gasteiger partial charge >= 0.3 is 6.18 Å². The Morgan fingerprint density at radius 1 is 1.39 bits per heavy atom. The molecule has 1 amide bonds. The minimum Gasteiger partial charge on any atom is -0.350 e. The number of amides is 1. The molecule has 0 aliphatic carbocycles. The van der Waals surface area contributed by atoms with Gasteiger partial charge in [-0.05, 0) is 18.6 Å². The van der Waals surface area contributed by atoms with Gasteiger partial charge in [0.05, 0.1) is 10.7 Å². The Kier molecular flexibility index (Phi) is 5.19. The van der Waals surface area contributed by atoms with Crippen LogP contribution in [0.2, 0.25) is 0 Å². The zero-order valence-electron chi connectivity index (χ0n) is 12.2. The van der Waals surface area contributed by atoms with Gasteiger partial charge in [0, 0.05) is 18.3 Å². The molecule has 2 aromatic heterocycles. The van der Waals surface area contributed by atoms with Crippen molar-refractivity contribution in [1.82, 2.24) is 15.3 Å². The highest BCUT2D eigenvalue weighted by molar-refractivity contribution is 7.09. The average molecular weight is 345 g/mol. The smallest absolute Gasteiger partial charge is 0.350 e. The standard InChI is InChI=1S/C14H14F3N3O2S/c1-2-11-19-8(7-23-11)5-6-18-13(22)10-4-3-9(12(21)20-10)14(15,16)17/h3-4,7H,2,5-6H2,1H3,(H,18,22)(H,20,21). The lowest BCUT2D eigenvalue weighted by Gasteiger charge is -2.07. The molecule has 2 aromatic rings. The monoisotopic (exact) mass is 345 g/mol. The third kappa shape index (κ3) is 4.41. The zero-order chi connectivity index (χ0) is 17.0. The summed E-state index contributed by atoms with van der Waals surface area (Å²) in [6, 6.07) is 1.54. The number of H-pyrrole nitrogens is 1. The number of hydrogen-bond donors (Lipinski definition) is 2. The maximum absolute atomic E-state index is 12.5.